The average Bonchev–Trinajstić information content (AvgIpc) is 3.10. The van der Waals surface area contributed by atoms with E-state index < -0.39 is 16.7 Å². The molecule has 10 heteroatoms. The Balaban J connectivity index is 1.93. The summed E-state index contributed by atoms with van der Waals surface area (Å²) < 4.78 is 42.8. The molecular weight excluding hydrogens is 353 g/mol. The topological polar surface area (TPSA) is 93.9 Å². The molecule has 26 heavy (non-hydrogen) atoms. The molecular formula is C16H11F3N4O3. The Bertz CT molecular complexity index is 952. The van der Waals surface area contributed by atoms with Gasteiger partial charge in [0.15, 0.2) is 17.4 Å². The third-order valence-electron chi connectivity index (χ3n) is 3.60. The van der Waals surface area contributed by atoms with Gasteiger partial charge in [-0.1, -0.05) is 12.1 Å². The lowest BCUT2D eigenvalue weighted by Gasteiger charge is -2.06. The molecule has 0 aliphatic carbocycles. The van der Waals surface area contributed by atoms with E-state index in [2.05, 4.69) is 15.2 Å². The highest BCUT2D eigenvalue weighted by atomic mass is 19.4. The van der Waals surface area contributed by atoms with E-state index in [1.807, 2.05) is 0 Å². The second-order valence-corrected chi connectivity index (χ2v) is 5.23. The summed E-state index contributed by atoms with van der Waals surface area (Å²) in [6.45, 7) is 0. The molecule has 0 saturated heterocycles. The molecule has 1 N–H and O–H groups in total. The number of rotatable bonds is 4. The quantitative estimate of drug-likeness (QED) is 0.556. The number of nitro groups is 1. The second-order valence-electron chi connectivity index (χ2n) is 5.23. The standard InChI is InChI=1S/C16H11F3N4O3/c1-26-13-7-4-10(8-12(13)23(24)25)15-20-14(21-22-15)9-2-5-11(6-3-9)16(17,18)19/h2-8H,1H3,(H,20,21,22). The Morgan fingerprint density at radius 2 is 1.77 bits per heavy atom. The predicted molar refractivity (Wildman–Crippen MR) is 85.5 cm³/mol. The summed E-state index contributed by atoms with van der Waals surface area (Å²) in [5.41, 5.74) is -0.246. The molecule has 0 atom stereocenters. The summed E-state index contributed by atoms with van der Waals surface area (Å²) in [5.74, 6) is 0.509. The molecule has 0 unspecified atom stereocenters. The summed E-state index contributed by atoms with van der Waals surface area (Å²) in [6.07, 6.45) is -4.42. The number of benzene rings is 2. The van der Waals surface area contributed by atoms with Crippen molar-refractivity contribution >= 4 is 5.69 Å². The van der Waals surface area contributed by atoms with E-state index in [1.54, 1.807) is 6.07 Å². The number of nitro benzene ring substituents is 1. The van der Waals surface area contributed by atoms with E-state index in [0.717, 1.165) is 12.1 Å². The van der Waals surface area contributed by atoms with Gasteiger partial charge in [-0.25, -0.2) is 4.98 Å². The SMILES string of the molecule is COc1ccc(-c2n[nH]c(-c3ccc(C(F)(F)F)cc3)n2)cc1[N+](=O)[O-]. The smallest absolute Gasteiger partial charge is 0.416 e. The van der Waals surface area contributed by atoms with E-state index in [0.29, 0.717) is 11.1 Å². The van der Waals surface area contributed by atoms with Crippen LogP contribution in [-0.2, 0) is 6.18 Å². The van der Waals surface area contributed by atoms with Gasteiger partial charge in [0.25, 0.3) is 0 Å². The minimum atomic E-state index is -4.42. The molecule has 0 amide bonds. The number of hydrogen-bond acceptors (Lipinski definition) is 5. The minimum absolute atomic E-state index is 0.0947. The van der Waals surface area contributed by atoms with Crippen molar-refractivity contribution < 1.29 is 22.8 Å². The maximum Gasteiger partial charge on any atom is 0.416 e. The van der Waals surface area contributed by atoms with E-state index >= 15 is 0 Å². The predicted octanol–water partition coefficient (Wildman–Crippen LogP) is 4.07. The molecule has 0 radical (unpaired) electrons. The van der Waals surface area contributed by atoms with Crippen LogP contribution in [0.4, 0.5) is 18.9 Å². The van der Waals surface area contributed by atoms with E-state index in [-0.39, 0.29) is 23.1 Å². The fourth-order valence-electron chi connectivity index (χ4n) is 2.31. The first-order valence-corrected chi connectivity index (χ1v) is 7.22. The lowest BCUT2D eigenvalue weighted by atomic mass is 10.1. The molecule has 0 bridgehead atoms. The number of aromatic amines is 1. The van der Waals surface area contributed by atoms with Crippen LogP contribution < -0.4 is 4.74 Å². The molecule has 134 valence electrons. The molecule has 0 saturated carbocycles. The highest BCUT2D eigenvalue weighted by Crippen LogP contribution is 2.32. The fraction of sp³-hybridized carbons (Fsp3) is 0.125. The van der Waals surface area contributed by atoms with Crippen LogP contribution in [0, 0.1) is 10.1 Å². The van der Waals surface area contributed by atoms with Crippen molar-refractivity contribution in [2.45, 2.75) is 6.18 Å². The molecule has 0 aliphatic rings. The maximum atomic E-state index is 12.6. The zero-order valence-electron chi connectivity index (χ0n) is 13.2. The number of hydrogen-bond donors (Lipinski definition) is 1. The lowest BCUT2D eigenvalue weighted by Crippen LogP contribution is -2.04. The number of aromatic nitrogens is 3. The third kappa shape index (κ3) is 3.34. The zero-order chi connectivity index (χ0) is 18.9. The first-order chi connectivity index (χ1) is 12.3. The molecule has 2 aromatic carbocycles. The summed E-state index contributed by atoms with van der Waals surface area (Å²) in [6, 6.07) is 8.64. The summed E-state index contributed by atoms with van der Waals surface area (Å²) in [7, 11) is 1.32. The number of ether oxygens (including phenoxy) is 1. The van der Waals surface area contributed by atoms with Crippen molar-refractivity contribution in [2.24, 2.45) is 0 Å². The van der Waals surface area contributed by atoms with Crippen molar-refractivity contribution in [3.63, 3.8) is 0 Å². The highest BCUT2D eigenvalue weighted by molar-refractivity contribution is 5.66. The largest absolute Gasteiger partial charge is 0.490 e. The van der Waals surface area contributed by atoms with Crippen LogP contribution in [0.15, 0.2) is 42.5 Å². The van der Waals surface area contributed by atoms with Gasteiger partial charge in [-0.2, -0.15) is 18.3 Å². The van der Waals surface area contributed by atoms with Gasteiger partial charge in [-0.05, 0) is 24.3 Å². The number of H-pyrrole nitrogens is 1. The van der Waals surface area contributed by atoms with Crippen molar-refractivity contribution in [2.75, 3.05) is 7.11 Å². The Morgan fingerprint density at radius 1 is 1.12 bits per heavy atom. The molecule has 3 aromatic rings. The van der Waals surface area contributed by atoms with Crippen molar-refractivity contribution in [1.82, 2.24) is 15.2 Å². The molecule has 1 heterocycles. The van der Waals surface area contributed by atoms with Crippen LogP contribution in [0.3, 0.4) is 0 Å². The van der Waals surface area contributed by atoms with Crippen LogP contribution in [0.25, 0.3) is 22.8 Å². The second kappa shape index (κ2) is 6.47. The molecule has 3 rings (SSSR count). The van der Waals surface area contributed by atoms with Gasteiger partial charge in [0, 0.05) is 17.2 Å². The van der Waals surface area contributed by atoms with Gasteiger partial charge >= 0.3 is 11.9 Å². The monoisotopic (exact) mass is 364 g/mol. The number of nitrogens with one attached hydrogen (secondary N) is 1. The summed E-state index contributed by atoms with van der Waals surface area (Å²) >= 11 is 0. The number of methoxy groups -OCH3 is 1. The van der Waals surface area contributed by atoms with Gasteiger partial charge in [-0.3, -0.25) is 15.2 Å². The first-order valence-electron chi connectivity index (χ1n) is 7.22. The normalized spacial score (nSPS) is 11.4. The average molecular weight is 364 g/mol. The first kappa shape index (κ1) is 17.4. The molecule has 7 nitrogen and oxygen atoms in total. The Hall–Kier alpha value is -3.43. The van der Waals surface area contributed by atoms with Crippen LogP contribution in [0.5, 0.6) is 5.75 Å². The Morgan fingerprint density at radius 3 is 2.35 bits per heavy atom. The van der Waals surface area contributed by atoms with E-state index in [1.165, 1.54) is 31.4 Å². The number of nitrogens with zero attached hydrogens (tertiary/aromatic N) is 3. The molecule has 0 aliphatic heterocycles. The number of alkyl halides is 3. The highest BCUT2D eigenvalue weighted by Gasteiger charge is 2.30. The van der Waals surface area contributed by atoms with Crippen LogP contribution in [-0.4, -0.2) is 27.2 Å². The minimum Gasteiger partial charge on any atom is -0.490 e. The van der Waals surface area contributed by atoms with Crippen molar-refractivity contribution in [3.05, 3.63) is 58.1 Å². The van der Waals surface area contributed by atoms with Crippen LogP contribution >= 0.6 is 0 Å². The van der Waals surface area contributed by atoms with Gasteiger partial charge in [0.05, 0.1) is 17.6 Å². The lowest BCUT2D eigenvalue weighted by molar-refractivity contribution is -0.385. The van der Waals surface area contributed by atoms with Crippen LogP contribution in [0.2, 0.25) is 0 Å². The van der Waals surface area contributed by atoms with Crippen molar-refractivity contribution in [3.8, 4) is 28.5 Å². The van der Waals surface area contributed by atoms with Crippen LogP contribution in [0.1, 0.15) is 5.56 Å². The third-order valence-corrected chi connectivity index (χ3v) is 3.60. The Labute approximate surface area is 144 Å². The Kier molecular flexibility index (Phi) is 4.33. The summed E-state index contributed by atoms with van der Waals surface area (Å²) in [5, 5.41) is 17.7. The van der Waals surface area contributed by atoms with E-state index in [4.69, 9.17) is 4.74 Å². The van der Waals surface area contributed by atoms with Gasteiger partial charge < -0.3 is 4.74 Å². The number of halogens is 3. The van der Waals surface area contributed by atoms with Crippen molar-refractivity contribution in [1.29, 1.82) is 0 Å². The zero-order valence-corrected chi connectivity index (χ0v) is 13.2. The van der Waals surface area contributed by atoms with Gasteiger partial charge in [0.1, 0.15) is 0 Å². The summed E-state index contributed by atoms with van der Waals surface area (Å²) in [4.78, 5) is 14.7. The van der Waals surface area contributed by atoms with E-state index in [9.17, 15) is 23.3 Å². The molecule has 0 spiro atoms. The molecule has 1 aromatic heterocycles. The van der Waals surface area contributed by atoms with Gasteiger partial charge in [-0.15, -0.1) is 0 Å². The maximum absolute atomic E-state index is 12.6. The van der Waals surface area contributed by atoms with Gasteiger partial charge in [0.2, 0.25) is 0 Å². The molecule has 0 fully saturated rings. The fourth-order valence-corrected chi connectivity index (χ4v) is 2.31.